The van der Waals surface area contributed by atoms with Crippen molar-refractivity contribution in [1.82, 2.24) is 21.3 Å². The number of Topliss-reactive ketones (excluding diaryl/α,β-unsaturated/α-hetero) is 1. The van der Waals surface area contributed by atoms with E-state index in [-0.39, 0.29) is 6.67 Å². The first-order valence-corrected chi connectivity index (χ1v) is 7.91. The van der Waals surface area contributed by atoms with Crippen LogP contribution in [0, 0.1) is 0 Å². The van der Waals surface area contributed by atoms with Gasteiger partial charge in [0.1, 0.15) is 5.78 Å². The maximum absolute atomic E-state index is 11.7. The van der Waals surface area contributed by atoms with Crippen LogP contribution in [0.5, 0.6) is 0 Å². The molecule has 0 aromatic heterocycles. The van der Waals surface area contributed by atoms with E-state index in [1.54, 1.807) is 7.05 Å². The van der Waals surface area contributed by atoms with Gasteiger partial charge in [-0.2, -0.15) is 0 Å². The molecule has 0 unspecified atom stereocenters. The van der Waals surface area contributed by atoms with E-state index in [4.69, 9.17) is 10.2 Å². The summed E-state index contributed by atoms with van der Waals surface area (Å²) in [4.78, 5) is 67.8. The lowest BCUT2D eigenvalue weighted by atomic mass is 10.1. The van der Waals surface area contributed by atoms with Crippen molar-refractivity contribution in [3.05, 3.63) is 23.3 Å². The average Bonchev–Trinajstić information content (AvgIpc) is 2.58. The highest BCUT2D eigenvalue weighted by Gasteiger charge is 2.15. The Balaban J connectivity index is 4.72. The number of rotatable bonds is 12. The topological polar surface area (TPSA) is 191 Å². The third-order valence-electron chi connectivity index (χ3n) is 2.94. The van der Waals surface area contributed by atoms with Crippen molar-refractivity contribution in [1.29, 1.82) is 0 Å². The largest absolute Gasteiger partial charge is 0.478 e. The van der Waals surface area contributed by atoms with E-state index in [1.165, 1.54) is 6.92 Å². The molecule has 154 valence electrons. The van der Waals surface area contributed by atoms with E-state index in [2.05, 4.69) is 21.3 Å². The van der Waals surface area contributed by atoms with Gasteiger partial charge < -0.3 is 31.5 Å². The zero-order chi connectivity index (χ0) is 21.7. The first-order chi connectivity index (χ1) is 13.1. The van der Waals surface area contributed by atoms with Gasteiger partial charge in [0.2, 0.25) is 17.7 Å². The highest BCUT2D eigenvalue weighted by atomic mass is 16.4. The number of nitrogens with one attached hydrogen (secondary N) is 4. The molecule has 0 rings (SSSR count). The summed E-state index contributed by atoms with van der Waals surface area (Å²) in [5.74, 6) is -5.70. The lowest BCUT2D eigenvalue weighted by Gasteiger charge is -2.06. The Morgan fingerprint density at radius 2 is 1.21 bits per heavy atom. The van der Waals surface area contributed by atoms with Crippen molar-refractivity contribution in [3.8, 4) is 0 Å². The van der Waals surface area contributed by atoms with Crippen molar-refractivity contribution >= 4 is 35.4 Å². The Bertz CT molecular complexity index is 711. The summed E-state index contributed by atoms with van der Waals surface area (Å²) in [6.45, 7) is 0.857. The van der Waals surface area contributed by atoms with Gasteiger partial charge in [0.15, 0.2) is 0 Å². The van der Waals surface area contributed by atoms with Crippen molar-refractivity contribution in [2.24, 2.45) is 0 Å². The van der Waals surface area contributed by atoms with Crippen molar-refractivity contribution < 1.29 is 39.0 Å². The quantitative estimate of drug-likeness (QED) is 0.157. The Hall–Kier alpha value is -3.54. The van der Waals surface area contributed by atoms with Gasteiger partial charge in [0, 0.05) is 24.1 Å². The molecule has 0 saturated carbocycles. The molecule has 0 spiro atoms. The van der Waals surface area contributed by atoms with Gasteiger partial charge in [0.25, 0.3) is 0 Å². The summed E-state index contributed by atoms with van der Waals surface area (Å²) < 4.78 is 0. The molecule has 0 bridgehead atoms. The zero-order valence-corrected chi connectivity index (χ0v) is 15.3. The molecule has 0 saturated heterocycles. The minimum Gasteiger partial charge on any atom is -0.478 e. The third-order valence-corrected chi connectivity index (χ3v) is 2.94. The molecular weight excluding hydrogens is 376 g/mol. The van der Waals surface area contributed by atoms with E-state index in [0.717, 1.165) is 0 Å². The smallest absolute Gasteiger partial charge is 0.332 e. The van der Waals surface area contributed by atoms with Crippen LogP contribution >= 0.6 is 0 Å². The van der Waals surface area contributed by atoms with Gasteiger partial charge in [-0.1, -0.05) is 0 Å². The predicted molar refractivity (Wildman–Crippen MR) is 94.6 cm³/mol. The molecule has 28 heavy (non-hydrogen) atoms. The van der Waals surface area contributed by atoms with Crippen LogP contribution in [0.25, 0.3) is 0 Å². The first-order valence-electron chi connectivity index (χ1n) is 7.91. The number of carbonyl (C=O) groups excluding carboxylic acids is 4. The Morgan fingerprint density at radius 3 is 1.61 bits per heavy atom. The molecule has 0 radical (unpaired) electrons. The second kappa shape index (κ2) is 12.8. The standard InChI is InChI=1S/C16H22N4O8/c1-9(21)3-10(15(25)26)4-13(23)19-8-20-14(24)6-11(16(27)28)5-12(22)18-7-17-2/h4,6,17H,3,5,7-8H2,1-2H3,(H,18,22)(H,19,23)(H,20,24)(H,25,26)(H,27,28)/b10-4-,11-6-. The van der Waals surface area contributed by atoms with Crippen LogP contribution < -0.4 is 21.3 Å². The van der Waals surface area contributed by atoms with E-state index in [9.17, 15) is 28.8 Å². The second-order valence-electron chi connectivity index (χ2n) is 5.39. The summed E-state index contributed by atoms with van der Waals surface area (Å²) in [5, 5.41) is 27.2. The molecule has 0 aliphatic carbocycles. The highest BCUT2D eigenvalue weighted by molar-refractivity contribution is 6.02. The lowest BCUT2D eigenvalue weighted by Crippen LogP contribution is -2.36. The molecule has 12 nitrogen and oxygen atoms in total. The molecule has 12 heteroatoms. The Morgan fingerprint density at radius 1 is 0.750 bits per heavy atom. The third kappa shape index (κ3) is 11.1. The minimum atomic E-state index is -1.46. The molecule has 0 atom stereocenters. The number of hydrogen-bond donors (Lipinski definition) is 6. The van der Waals surface area contributed by atoms with Crippen LogP contribution in [0.3, 0.4) is 0 Å². The normalized spacial score (nSPS) is 11.4. The Labute approximate surface area is 160 Å². The van der Waals surface area contributed by atoms with Gasteiger partial charge in [-0.15, -0.1) is 0 Å². The number of aliphatic carboxylic acids is 2. The first kappa shape index (κ1) is 24.5. The molecule has 0 fully saturated rings. The van der Waals surface area contributed by atoms with Crippen LogP contribution in [0.1, 0.15) is 19.8 Å². The van der Waals surface area contributed by atoms with Gasteiger partial charge in [-0.05, 0) is 14.0 Å². The second-order valence-corrected chi connectivity index (χ2v) is 5.39. The number of ketones is 1. The van der Waals surface area contributed by atoms with E-state index in [1.807, 2.05) is 0 Å². The lowest BCUT2D eigenvalue weighted by molar-refractivity contribution is -0.134. The number of hydrogen-bond acceptors (Lipinski definition) is 7. The van der Waals surface area contributed by atoms with Gasteiger partial charge >= 0.3 is 11.9 Å². The van der Waals surface area contributed by atoms with Crippen molar-refractivity contribution in [2.45, 2.75) is 19.8 Å². The molecule has 0 aliphatic heterocycles. The van der Waals surface area contributed by atoms with Crippen LogP contribution in [-0.4, -0.2) is 66.0 Å². The summed E-state index contributed by atoms with van der Waals surface area (Å²) >= 11 is 0. The van der Waals surface area contributed by atoms with Crippen LogP contribution in [0.2, 0.25) is 0 Å². The molecule has 3 amide bonds. The fourth-order valence-electron chi connectivity index (χ4n) is 1.70. The summed E-state index contributed by atoms with van der Waals surface area (Å²) in [7, 11) is 1.57. The number of amides is 3. The Kier molecular flexibility index (Phi) is 11.1. The highest BCUT2D eigenvalue weighted by Crippen LogP contribution is 2.03. The minimum absolute atomic E-state index is 0.124. The monoisotopic (exact) mass is 398 g/mol. The number of carbonyl (C=O) groups is 6. The SMILES string of the molecule is CNCNC(=O)C/C(=C/C(=O)NCNC(=O)/C=C(/CC(C)=O)C(=O)O)C(=O)O. The van der Waals surface area contributed by atoms with E-state index < -0.39 is 66.1 Å². The van der Waals surface area contributed by atoms with Gasteiger partial charge in [-0.3, -0.25) is 19.2 Å². The van der Waals surface area contributed by atoms with E-state index in [0.29, 0.717) is 12.2 Å². The van der Waals surface area contributed by atoms with Crippen LogP contribution in [-0.2, 0) is 28.8 Å². The summed E-state index contributed by atoms with van der Waals surface area (Å²) in [6, 6.07) is 0. The molecule has 0 aliphatic rings. The number of carboxylic acids is 2. The fraction of sp³-hybridized carbons (Fsp3) is 0.375. The number of carboxylic acid groups (broad SMARTS) is 2. The average molecular weight is 398 g/mol. The van der Waals surface area contributed by atoms with Crippen molar-refractivity contribution in [3.63, 3.8) is 0 Å². The molecular formula is C16H22N4O8. The predicted octanol–water partition coefficient (Wildman–Crippen LogP) is -2.14. The zero-order valence-electron chi connectivity index (χ0n) is 15.3. The van der Waals surface area contributed by atoms with Crippen molar-refractivity contribution in [2.75, 3.05) is 20.4 Å². The van der Waals surface area contributed by atoms with Gasteiger partial charge in [-0.25, -0.2) is 9.59 Å². The van der Waals surface area contributed by atoms with Crippen LogP contribution in [0.4, 0.5) is 0 Å². The summed E-state index contributed by atoms with van der Waals surface area (Å²) in [6.07, 6.45) is 0.435. The van der Waals surface area contributed by atoms with Crippen LogP contribution in [0.15, 0.2) is 23.3 Å². The van der Waals surface area contributed by atoms with E-state index >= 15 is 0 Å². The maximum Gasteiger partial charge on any atom is 0.332 e. The maximum atomic E-state index is 11.7. The fourth-order valence-corrected chi connectivity index (χ4v) is 1.70. The van der Waals surface area contributed by atoms with Gasteiger partial charge in [0.05, 0.1) is 25.3 Å². The summed E-state index contributed by atoms with van der Waals surface area (Å²) in [5.41, 5.74) is -0.885. The molecule has 6 N–H and O–H groups in total. The molecule has 0 aromatic rings. The molecule has 0 heterocycles. The molecule has 0 aromatic carbocycles.